The van der Waals surface area contributed by atoms with Gasteiger partial charge in [-0.3, -0.25) is 4.79 Å². The van der Waals surface area contributed by atoms with Crippen LogP contribution < -0.4 is 57.1 Å². The van der Waals surface area contributed by atoms with Gasteiger partial charge in [0, 0.05) is 5.75 Å². The van der Waals surface area contributed by atoms with Crippen LogP contribution in [0.3, 0.4) is 0 Å². The van der Waals surface area contributed by atoms with E-state index in [0.29, 0.717) is 11.3 Å². The van der Waals surface area contributed by atoms with Crippen LogP contribution in [0.15, 0.2) is 12.2 Å². The van der Waals surface area contributed by atoms with Crippen molar-refractivity contribution < 1.29 is 67.5 Å². The number of nitrogens with two attached hydrogens (primary N) is 1. The Labute approximate surface area is 135 Å². The van der Waals surface area contributed by atoms with E-state index in [1.807, 2.05) is 0 Å². The predicted octanol–water partition coefficient (Wildman–Crippen LogP) is -3.65. The van der Waals surface area contributed by atoms with Gasteiger partial charge in [-0.25, -0.2) is 4.79 Å². The average Bonchev–Trinajstić information content (AvgIpc) is 2.15. The van der Waals surface area contributed by atoms with E-state index in [4.69, 9.17) is 10.8 Å². The zero-order valence-electron chi connectivity index (χ0n) is 9.34. The molecule has 2 unspecified atom stereocenters. The Morgan fingerprint density at radius 3 is 2.87 bits per heavy atom. The molecule has 78 valence electrons. The summed E-state index contributed by atoms with van der Waals surface area (Å²) in [6.45, 7) is 3.66. The van der Waals surface area contributed by atoms with Gasteiger partial charge < -0.3 is 17.2 Å². The fraction of sp³-hybridized carbons (Fsp3) is 0.500. The van der Waals surface area contributed by atoms with Crippen LogP contribution in [0.1, 0.15) is 1.43 Å². The summed E-state index contributed by atoms with van der Waals surface area (Å²) in [7, 11) is 0. The Balaban J connectivity index is 0.00000112. The van der Waals surface area contributed by atoms with E-state index in [1.165, 1.54) is 16.7 Å². The van der Waals surface area contributed by atoms with E-state index in [1.54, 1.807) is 0 Å². The third-order valence-corrected chi connectivity index (χ3v) is 3.86. The summed E-state index contributed by atoms with van der Waals surface area (Å²) >= 11 is 1.47. The van der Waals surface area contributed by atoms with Crippen molar-refractivity contribution in [3.05, 3.63) is 12.2 Å². The molecular weight excluding hydrogens is 243 g/mol. The number of carboxylic acids is 1. The minimum absolute atomic E-state index is 0. The quantitative estimate of drug-likeness (QED) is 0.286. The molecule has 15 heavy (non-hydrogen) atoms. The number of fused-ring (bicyclic) bond motifs is 1. The molecule has 0 bridgehead atoms. The van der Waals surface area contributed by atoms with Crippen molar-refractivity contribution in [2.75, 3.05) is 5.75 Å². The zero-order valence-corrected chi connectivity index (χ0v) is 12.3. The summed E-state index contributed by atoms with van der Waals surface area (Å²) < 4.78 is 0. The van der Waals surface area contributed by atoms with E-state index in [0.717, 1.165) is 0 Å². The second-order valence-electron chi connectivity index (χ2n) is 3.37. The van der Waals surface area contributed by atoms with Crippen molar-refractivity contribution in [1.82, 2.24) is 4.90 Å². The molecule has 0 aromatic rings. The summed E-state index contributed by atoms with van der Waals surface area (Å²) in [6, 6.07) is -1.43. The van der Waals surface area contributed by atoms with Crippen molar-refractivity contribution in [1.29, 1.82) is 0 Å². The van der Waals surface area contributed by atoms with Gasteiger partial charge in [-0.1, -0.05) is 6.58 Å². The summed E-state index contributed by atoms with van der Waals surface area (Å²) in [5.74, 6) is -0.768. The van der Waals surface area contributed by atoms with Gasteiger partial charge in [-0.05, 0) is 5.57 Å². The fourth-order valence-corrected chi connectivity index (χ4v) is 2.98. The molecule has 2 aliphatic heterocycles. The van der Waals surface area contributed by atoms with Crippen molar-refractivity contribution in [2.24, 2.45) is 5.73 Å². The molecule has 3 atom stereocenters. The predicted molar refractivity (Wildman–Crippen MR) is 52.7 cm³/mol. The maximum atomic E-state index is 11.3. The molecule has 0 saturated carbocycles. The van der Waals surface area contributed by atoms with Gasteiger partial charge in [0.2, 0.25) is 5.91 Å². The number of amides is 1. The number of rotatable bonds is 1. The van der Waals surface area contributed by atoms with Crippen LogP contribution in [0.25, 0.3) is 0 Å². The number of carbonyl (C=O) groups is 2. The van der Waals surface area contributed by atoms with Crippen LogP contribution in [0.5, 0.6) is 0 Å². The third-order valence-electron chi connectivity index (χ3n) is 2.46. The Morgan fingerprint density at radius 1 is 1.73 bits per heavy atom. The normalized spacial score (nSPS) is 33.9. The molecule has 5 nitrogen and oxygen atoms in total. The molecule has 2 heterocycles. The molecule has 2 rings (SSSR count). The molecule has 0 aromatic carbocycles. The molecule has 0 radical (unpaired) electrons. The number of nitrogens with zero attached hydrogens (tertiary/aromatic N) is 1. The first-order chi connectivity index (χ1) is 6.54. The Bertz CT molecular complexity index is 341. The van der Waals surface area contributed by atoms with Gasteiger partial charge in [-0.15, -0.1) is 11.8 Å². The van der Waals surface area contributed by atoms with Crippen molar-refractivity contribution in [3.63, 3.8) is 0 Å². The summed E-state index contributed by atoms with van der Waals surface area (Å²) in [6.07, 6.45) is 0. The van der Waals surface area contributed by atoms with Crippen LogP contribution in [0, 0.1) is 0 Å². The van der Waals surface area contributed by atoms with Gasteiger partial charge in [0.05, 0.1) is 0 Å². The molecular formula is C8H11KN2O3S. The van der Waals surface area contributed by atoms with Crippen LogP contribution in [-0.2, 0) is 9.59 Å². The van der Waals surface area contributed by atoms with E-state index in [2.05, 4.69) is 6.58 Å². The van der Waals surface area contributed by atoms with Gasteiger partial charge in [-0.2, -0.15) is 0 Å². The minimum atomic E-state index is -1.03. The van der Waals surface area contributed by atoms with E-state index >= 15 is 0 Å². The van der Waals surface area contributed by atoms with E-state index in [-0.39, 0.29) is 64.1 Å². The van der Waals surface area contributed by atoms with Crippen molar-refractivity contribution in [3.8, 4) is 0 Å². The minimum Gasteiger partial charge on any atom is -1.00 e. The second kappa shape index (κ2) is 4.87. The molecule has 1 amide bonds. The van der Waals surface area contributed by atoms with Gasteiger partial charge in [0.15, 0.2) is 6.04 Å². The third kappa shape index (κ3) is 2.06. The monoisotopic (exact) mass is 254 g/mol. The maximum Gasteiger partial charge on any atom is 1.00 e. The van der Waals surface area contributed by atoms with Crippen LogP contribution in [-0.4, -0.2) is 45.1 Å². The number of β-lactam (4-membered cyclic amide) rings is 1. The number of thioether (sulfide) groups is 1. The van der Waals surface area contributed by atoms with Crippen molar-refractivity contribution >= 4 is 23.6 Å². The van der Waals surface area contributed by atoms with Crippen LogP contribution in [0.4, 0.5) is 0 Å². The Hall–Kier alpha value is 0.626. The number of aliphatic carboxylic acids is 1. The Kier molecular flexibility index (Phi) is 4.44. The molecule has 2 aliphatic rings. The molecule has 0 spiro atoms. The van der Waals surface area contributed by atoms with Crippen LogP contribution >= 0.6 is 11.8 Å². The SMILES string of the molecule is C=C1CS[C@@H]2C(N)C(=O)N2C1C(=O)O.[H-].[K+]. The number of carbonyl (C=O) groups excluding carboxylic acids is 1. The second-order valence-corrected chi connectivity index (χ2v) is 4.48. The van der Waals surface area contributed by atoms with Gasteiger partial charge >= 0.3 is 57.4 Å². The molecule has 3 N–H and O–H groups in total. The van der Waals surface area contributed by atoms with Crippen molar-refractivity contribution in [2.45, 2.75) is 17.5 Å². The largest absolute Gasteiger partial charge is 1.00 e. The molecule has 0 aromatic heterocycles. The molecule has 2 saturated heterocycles. The zero-order chi connectivity index (χ0) is 10.5. The summed E-state index contributed by atoms with van der Waals surface area (Å²) in [5.41, 5.74) is 6.10. The number of hydrogen-bond acceptors (Lipinski definition) is 4. The average molecular weight is 254 g/mol. The molecule has 2 fully saturated rings. The summed E-state index contributed by atoms with van der Waals surface area (Å²) in [4.78, 5) is 23.6. The number of hydrogen-bond donors (Lipinski definition) is 2. The van der Waals surface area contributed by atoms with Gasteiger partial charge in [0.25, 0.3) is 0 Å². The molecule has 7 heteroatoms. The maximum absolute atomic E-state index is 11.3. The first-order valence-corrected chi connectivity index (χ1v) is 5.18. The van der Waals surface area contributed by atoms with E-state index in [9.17, 15) is 9.59 Å². The fourth-order valence-electron chi connectivity index (χ4n) is 1.73. The molecule has 0 aliphatic carbocycles. The smallest absolute Gasteiger partial charge is 1.00 e. The van der Waals surface area contributed by atoms with Crippen LogP contribution in [0.2, 0.25) is 0 Å². The van der Waals surface area contributed by atoms with E-state index < -0.39 is 18.1 Å². The first kappa shape index (κ1) is 13.7. The standard InChI is InChI=1S/C8H10N2O3S.K.H/c1-3-2-14-7-4(9)6(11)10(7)5(3)8(12)13;;/h4-5,7H,1-2,9H2,(H,12,13);;/q;+1;-1/t4?,5?,7-;;/m1../s1. The number of carboxylic acid groups (broad SMARTS) is 1. The van der Waals surface area contributed by atoms with Gasteiger partial charge in [0.1, 0.15) is 11.4 Å². The topological polar surface area (TPSA) is 83.6 Å². The Morgan fingerprint density at radius 2 is 2.33 bits per heavy atom. The first-order valence-electron chi connectivity index (χ1n) is 4.14. The summed E-state index contributed by atoms with van der Waals surface area (Å²) in [5, 5.41) is 8.74.